The fourth-order valence-corrected chi connectivity index (χ4v) is 3.40. The Bertz CT molecular complexity index is 1270. The van der Waals surface area contributed by atoms with Crippen molar-refractivity contribution < 1.29 is 4.74 Å². The van der Waals surface area contributed by atoms with Gasteiger partial charge in [0, 0.05) is 11.8 Å². The number of aromatic nitrogens is 5. The van der Waals surface area contributed by atoms with Crippen LogP contribution in [-0.2, 0) is 0 Å². The molecule has 0 spiro atoms. The summed E-state index contributed by atoms with van der Waals surface area (Å²) in [4.78, 5) is 4.53. The first-order chi connectivity index (χ1) is 14.4. The molecule has 0 radical (unpaired) electrons. The Morgan fingerprint density at radius 1 is 0.759 bits per heavy atom. The van der Waals surface area contributed by atoms with Crippen molar-refractivity contribution in [1.29, 1.82) is 0 Å². The van der Waals surface area contributed by atoms with E-state index in [2.05, 4.69) is 15.2 Å². The normalized spacial score (nSPS) is 10.9. The summed E-state index contributed by atoms with van der Waals surface area (Å²) in [5, 5.41) is 13.7. The summed E-state index contributed by atoms with van der Waals surface area (Å²) in [6, 6.07) is 25.6. The lowest BCUT2D eigenvalue weighted by atomic mass is 10.0. The fourth-order valence-electron chi connectivity index (χ4n) is 3.40. The van der Waals surface area contributed by atoms with E-state index in [-0.39, 0.29) is 0 Å². The maximum absolute atomic E-state index is 5.83. The van der Waals surface area contributed by atoms with E-state index in [1.165, 1.54) is 0 Å². The van der Waals surface area contributed by atoms with Crippen LogP contribution in [0, 0.1) is 0 Å². The molecular weight excluding hydrogens is 362 g/mol. The predicted molar refractivity (Wildman–Crippen MR) is 111 cm³/mol. The number of pyridine rings is 1. The van der Waals surface area contributed by atoms with Crippen molar-refractivity contribution >= 4 is 5.65 Å². The number of ether oxygens (including phenoxy) is 1. The Morgan fingerprint density at radius 3 is 2.10 bits per heavy atom. The van der Waals surface area contributed by atoms with Gasteiger partial charge in [-0.2, -0.15) is 9.61 Å². The Hall–Kier alpha value is -4.06. The Balaban J connectivity index is 1.88. The molecular formula is C23H17N5O. The van der Waals surface area contributed by atoms with E-state index in [1.54, 1.807) is 17.8 Å². The van der Waals surface area contributed by atoms with Crippen LogP contribution >= 0.6 is 0 Å². The van der Waals surface area contributed by atoms with Gasteiger partial charge in [0.05, 0.1) is 18.4 Å². The molecule has 6 nitrogen and oxygen atoms in total. The topological polar surface area (TPSA) is 65.2 Å². The SMILES string of the molecule is COc1c(-c2ccccc2)c(-c2ccccn2)nn2c(-c3ccccc3)nnc12. The van der Waals surface area contributed by atoms with Crippen LogP contribution in [0.1, 0.15) is 0 Å². The highest BCUT2D eigenvalue weighted by Crippen LogP contribution is 2.40. The molecule has 5 aromatic rings. The zero-order chi connectivity index (χ0) is 19.6. The van der Waals surface area contributed by atoms with Gasteiger partial charge in [0.1, 0.15) is 5.69 Å². The summed E-state index contributed by atoms with van der Waals surface area (Å²) in [7, 11) is 1.64. The molecule has 0 bridgehead atoms. The summed E-state index contributed by atoms with van der Waals surface area (Å²) in [5.41, 5.74) is 4.76. The number of methoxy groups -OCH3 is 1. The van der Waals surface area contributed by atoms with Crippen LogP contribution in [0.3, 0.4) is 0 Å². The molecule has 3 heterocycles. The van der Waals surface area contributed by atoms with Gasteiger partial charge in [-0.25, -0.2) is 0 Å². The lowest BCUT2D eigenvalue weighted by Crippen LogP contribution is -2.04. The number of hydrogen-bond acceptors (Lipinski definition) is 5. The summed E-state index contributed by atoms with van der Waals surface area (Å²) in [6.07, 6.45) is 1.76. The third-order valence-electron chi connectivity index (χ3n) is 4.71. The van der Waals surface area contributed by atoms with E-state index in [0.29, 0.717) is 22.9 Å². The number of fused-ring (bicyclic) bond motifs is 1. The summed E-state index contributed by atoms with van der Waals surface area (Å²) < 4.78 is 7.56. The lowest BCUT2D eigenvalue weighted by Gasteiger charge is -2.14. The number of nitrogens with zero attached hydrogens (tertiary/aromatic N) is 5. The van der Waals surface area contributed by atoms with E-state index in [4.69, 9.17) is 9.84 Å². The van der Waals surface area contributed by atoms with E-state index >= 15 is 0 Å². The Morgan fingerprint density at radius 2 is 1.45 bits per heavy atom. The minimum atomic E-state index is 0.560. The van der Waals surface area contributed by atoms with Crippen molar-refractivity contribution in [2.45, 2.75) is 0 Å². The van der Waals surface area contributed by atoms with Gasteiger partial charge in [-0.1, -0.05) is 66.7 Å². The second-order valence-corrected chi connectivity index (χ2v) is 6.46. The van der Waals surface area contributed by atoms with Gasteiger partial charge in [-0.15, -0.1) is 10.2 Å². The van der Waals surface area contributed by atoms with E-state index < -0.39 is 0 Å². The van der Waals surface area contributed by atoms with E-state index in [9.17, 15) is 0 Å². The predicted octanol–water partition coefficient (Wildman–Crippen LogP) is 4.53. The summed E-state index contributed by atoms with van der Waals surface area (Å²) >= 11 is 0. The molecule has 0 aliphatic heterocycles. The van der Waals surface area contributed by atoms with Crippen molar-refractivity contribution in [1.82, 2.24) is 24.8 Å². The van der Waals surface area contributed by atoms with Gasteiger partial charge in [-0.05, 0) is 17.7 Å². The maximum Gasteiger partial charge on any atom is 0.220 e. The molecule has 140 valence electrons. The number of rotatable bonds is 4. The minimum Gasteiger partial charge on any atom is -0.492 e. The average Bonchev–Trinajstić information content (AvgIpc) is 3.23. The summed E-state index contributed by atoms with van der Waals surface area (Å²) in [5.74, 6) is 1.26. The first-order valence-corrected chi connectivity index (χ1v) is 9.22. The standard InChI is InChI=1S/C23H17N5O/c1-29-21-19(16-10-4-2-5-11-16)20(18-14-8-9-15-24-18)27-28-22(25-26-23(21)28)17-12-6-3-7-13-17/h2-15H,1H3. The highest BCUT2D eigenvalue weighted by molar-refractivity contribution is 5.88. The van der Waals surface area contributed by atoms with Crippen LogP contribution in [0.5, 0.6) is 5.75 Å². The molecule has 0 amide bonds. The molecule has 0 aliphatic rings. The number of benzene rings is 2. The molecule has 3 aromatic heterocycles. The molecule has 6 heteroatoms. The molecule has 5 rings (SSSR count). The molecule has 0 fully saturated rings. The van der Waals surface area contributed by atoms with Gasteiger partial charge in [0.15, 0.2) is 11.6 Å². The molecule has 29 heavy (non-hydrogen) atoms. The fraction of sp³-hybridized carbons (Fsp3) is 0.0435. The van der Waals surface area contributed by atoms with Crippen LogP contribution in [0.25, 0.3) is 39.5 Å². The Labute approximate surface area is 167 Å². The van der Waals surface area contributed by atoms with Gasteiger partial charge in [0.2, 0.25) is 5.65 Å². The smallest absolute Gasteiger partial charge is 0.220 e. The van der Waals surface area contributed by atoms with Crippen LogP contribution < -0.4 is 4.74 Å². The van der Waals surface area contributed by atoms with Crippen LogP contribution in [-0.4, -0.2) is 31.9 Å². The van der Waals surface area contributed by atoms with Gasteiger partial charge >= 0.3 is 0 Å². The first kappa shape index (κ1) is 17.1. The molecule has 0 N–H and O–H groups in total. The first-order valence-electron chi connectivity index (χ1n) is 9.22. The number of hydrogen-bond donors (Lipinski definition) is 0. The van der Waals surface area contributed by atoms with Crippen LogP contribution in [0.2, 0.25) is 0 Å². The second-order valence-electron chi connectivity index (χ2n) is 6.46. The lowest BCUT2D eigenvalue weighted by molar-refractivity contribution is 0.417. The largest absolute Gasteiger partial charge is 0.492 e. The van der Waals surface area contributed by atoms with Crippen molar-refractivity contribution in [2.75, 3.05) is 7.11 Å². The molecule has 0 saturated carbocycles. The van der Waals surface area contributed by atoms with Gasteiger partial charge < -0.3 is 4.74 Å². The molecule has 0 unspecified atom stereocenters. The zero-order valence-corrected chi connectivity index (χ0v) is 15.7. The van der Waals surface area contributed by atoms with Crippen LogP contribution in [0.4, 0.5) is 0 Å². The van der Waals surface area contributed by atoms with E-state index in [0.717, 1.165) is 22.4 Å². The van der Waals surface area contributed by atoms with E-state index in [1.807, 2.05) is 78.9 Å². The second kappa shape index (κ2) is 7.16. The Kier molecular flexibility index (Phi) is 4.22. The highest BCUT2D eigenvalue weighted by Gasteiger charge is 2.23. The van der Waals surface area contributed by atoms with Crippen molar-refractivity contribution in [2.24, 2.45) is 0 Å². The van der Waals surface area contributed by atoms with Gasteiger partial charge in [-0.3, -0.25) is 4.98 Å². The summed E-state index contributed by atoms with van der Waals surface area (Å²) in [6.45, 7) is 0. The van der Waals surface area contributed by atoms with Crippen molar-refractivity contribution in [3.63, 3.8) is 0 Å². The monoisotopic (exact) mass is 379 g/mol. The quantitative estimate of drug-likeness (QED) is 0.459. The van der Waals surface area contributed by atoms with Crippen molar-refractivity contribution in [3.8, 4) is 39.7 Å². The highest BCUT2D eigenvalue weighted by atomic mass is 16.5. The molecule has 0 saturated heterocycles. The molecule has 2 aromatic carbocycles. The minimum absolute atomic E-state index is 0.560. The van der Waals surface area contributed by atoms with Gasteiger partial charge in [0.25, 0.3) is 0 Å². The van der Waals surface area contributed by atoms with Crippen molar-refractivity contribution in [3.05, 3.63) is 85.1 Å². The molecule has 0 aliphatic carbocycles. The van der Waals surface area contributed by atoms with Crippen LogP contribution in [0.15, 0.2) is 85.1 Å². The third kappa shape index (κ3) is 2.91. The molecule has 0 atom stereocenters. The zero-order valence-electron chi connectivity index (χ0n) is 15.7. The third-order valence-corrected chi connectivity index (χ3v) is 4.71. The average molecular weight is 379 g/mol. The maximum atomic E-state index is 5.83.